The van der Waals surface area contributed by atoms with Crippen molar-refractivity contribution >= 4 is 9.84 Å². The monoisotopic (exact) mass is 547 g/mol. The van der Waals surface area contributed by atoms with Gasteiger partial charge in [0, 0.05) is 19.0 Å². The summed E-state index contributed by atoms with van der Waals surface area (Å²) in [4.78, 5) is 8.63. The average molecular weight is 548 g/mol. The minimum atomic E-state index is -3.86. The van der Waals surface area contributed by atoms with Gasteiger partial charge >= 0.3 is 0 Å². The Morgan fingerprint density at radius 1 is 1.11 bits per heavy atom. The fourth-order valence-electron chi connectivity index (χ4n) is 4.21. The van der Waals surface area contributed by atoms with Gasteiger partial charge in [0.15, 0.2) is 27.3 Å². The summed E-state index contributed by atoms with van der Waals surface area (Å²) >= 11 is 0. The second kappa shape index (κ2) is 12.2. The first kappa shape index (κ1) is 27.9. The number of hydrogen-bond acceptors (Lipinski definition) is 11. The van der Waals surface area contributed by atoms with Crippen LogP contribution in [0, 0.1) is 6.92 Å². The summed E-state index contributed by atoms with van der Waals surface area (Å²) in [5.74, 6) is 1.32. The quantitative estimate of drug-likeness (QED) is 0.350. The third kappa shape index (κ3) is 5.80. The maximum Gasteiger partial charge on any atom is 0.169 e. The normalized spacial score (nSPS) is 17.7. The Labute approximate surface area is 222 Å². The number of ether oxygens (including phenoxy) is 5. The average Bonchev–Trinajstić information content (AvgIpc) is 3.34. The molecule has 1 fully saturated rings. The molecular weight excluding hydrogens is 514 g/mol. The van der Waals surface area contributed by atoms with E-state index in [9.17, 15) is 8.42 Å². The standard InChI is InChI=1S/C25H33N5O7S/c1-6-36-23(24-26-12-16(2)13-27-24)17(3)38(31,32)15-21-28-29-25(20-14-35-10-11-37-20)30(21)22-18(33-4)8-7-9-19(22)34-5/h7-9,12-13,17,20,23H,6,10-11,14-15H2,1-5H3/t17-,20-,23-/m0/s1. The highest BCUT2D eigenvalue weighted by atomic mass is 32.2. The number of aromatic nitrogens is 5. The molecule has 0 spiro atoms. The van der Waals surface area contributed by atoms with E-state index in [0.717, 1.165) is 5.56 Å². The van der Waals surface area contributed by atoms with E-state index in [2.05, 4.69) is 20.2 Å². The maximum atomic E-state index is 13.8. The SMILES string of the molecule is CCO[C@H](c1ncc(C)cn1)[C@H](C)S(=O)(=O)Cc1nnc([C@@H]2COCCO2)n1-c1c(OC)cccc1OC. The van der Waals surface area contributed by atoms with Crippen LogP contribution < -0.4 is 9.47 Å². The van der Waals surface area contributed by atoms with Crippen LogP contribution in [0.5, 0.6) is 11.5 Å². The van der Waals surface area contributed by atoms with Crippen LogP contribution in [0.4, 0.5) is 0 Å². The lowest BCUT2D eigenvalue weighted by Gasteiger charge is -2.25. The number of para-hydroxylation sites is 1. The van der Waals surface area contributed by atoms with E-state index in [1.54, 1.807) is 49.0 Å². The zero-order valence-electron chi connectivity index (χ0n) is 22.2. The van der Waals surface area contributed by atoms with Gasteiger partial charge < -0.3 is 23.7 Å². The van der Waals surface area contributed by atoms with Crippen molar-refractivity contribution in [2.75, 3.05) is 40.6 Å². The minimum Gasteiger partial charge on any atom is -0.494 e. The molecule has 0 radical (unpaired) electrons. The molecule has 206 valence electrons. The van der Waals surface area contributed by atoms with Crippen LogP contribution in [-0.2, 0) is 29.8 Å². The predicted octanol–water partition coefficient (Wildman–Crippen LogP) is 2.55. The van der Waals surface area contributed by atoms with Crippen molar-refractivity contribution < 1.29 is 32.1 Å². The Hall–Kier alpha value is -3.13. The third-order valence-electron chi connectivity index (χ3n) is 6.21. The Balaban J connectivity index is 1.78. The van der Waals surface area contributed by atoms with Crippen molar-refractivity contribution in [2.45, 2.75) is 44.0 Å². The molecule has 0 saturated carbocycles. The second-order valence-corrected chi connectivity index (χ2v) is 11.1. The number of rotatable bonds is 11. The van der Waals surface area contributed by atoms with Crippen molar-refractivity contribution in [3.05, 3.63) is 53.6 Å². The zero-order chi connectivity index (χ0) is 27.3. The molecule has 3 heterocycles. The second-order valence-electron chi connectivity index (χ2n) is 8.76. The molecule has 4 rings (SSSR count). The van der Waals surface area contributed by atoms with Crippen LogP contribution in [0.25, 0.3) is 5.69 Å². The Bertz CT molecular complexity index is 1300. The lowest BCUT2D eigenvalue weighted by molar-refractivity contribution is -0.0942. The summed E-state index contributed by atoms with van der Waals surface area (Å²) in [7, 11) is -0.816. The van der Waals surface area contributed by atoms with Gasteiger partial charge in [0.05, 0.1) is 39.3 Å². The molecule has 0 unspecified atom stereocenters. The highest BCUT2D eigenvalue weighted by molar-refractivity contribution is 7.91. The number of nitrogens with zero attached hydrogens (tertiary/aromatic N) is 5. The van der Waals surface area contributed by atoms with Gasteiger partial charge in [-0.2, -0.15) is 0 Å². The molecule has 0 aliphatic carbocycles. The molecule has 0 amide bonds. The van der Waals surface area contributed by atoms with E-state index < -0.39 is 33.0 Å². The highest BCUT2D eigenvalue weighted by Gasteiger charge is 2.36. The van der Waals surface area contributed by atoms with E-state index in [0.29, 0.717) is 48.7 Å². The first-order chi connectivity index (χ1) is 18.3. The van der Waals surface area contributed by atoms with Gasteiger partial charge in [-0.15, -0.1) is 10.2 Å². The highest BCUT2D eigenvalue weighted by Crippen LogP contribution is 2.37. The van der Waals surface area contributed by atoms with Crippen molar-refractivity contribution in [2.24, 2.45) is 0 Å². The lowest BCUT2D eigenvalue weighted by Crippen LogP contribution is -2.31. The van der Waals surface area contributed by atoms with E-state index in [4.69, 9.17) is 23.7 Å². The molecule has 3 aromatic rings. The van der Waals surface area contributed by atoms with Crippen LogP contribution in [0.1, 0.15) is 49.1 Å². The molecule has 1 saturated heterocycles. The first-order valence-electron chi connectivity index (χ1n) is 12.3. The van der Waals surface area contributed by atoms with Gasteiger partial charge in [0.2, 0.25) is 0 Å². The topological polar surface area (TPSA) is 137 Å². The fourth-order valence-corrected chi connectivity index (χ4v) is 5.60. The maximum absolute atomic E-state index is 13.8. The number of aryl methyl sites for hydroxylation is 1. The van der Waals surface area contributed by atoms with Crippen molar-refractivity contribution in [1.82, 2.24) is 24.7 Å². The van der Waals surface area contributed by atoms with Crippen LogP contribution in [0.2, 0.25) is 0 Å². The van der Waals surface area contributed by atoms with Gasteiger partial charge in [-0.25, -0.2) is 18.4 Å². The Morgan fingerprint density at radius 2 is 1.79 bits per heavy atom. The molecule has 2 aromatic heterocycles. The van der Waals surface area contributed by atoms with E-state index in [1.165, 1.54) is 14.2 Å². The minimum absolute atomic E-state index is 0.170. The van der Waals surface area contributed by atoms with Crippen LogP contribution in [0.3, 0.4) is 0 Å². The molecule has 1 aromatic carbocycles. The van der Waals surface area contributed by atoms with Gasteiger partial charge in [-0.1, -0.05) is 6.07 Å². The van der Waals surface area contributed by atoms with Crippen LogP contribution in [0.15, 0.2) is 30.6 Å². The first-order valence-corrected chi connectivity index (χ1v) is 14.0. The van der Waals surface area contributed by atoms with Crippen molar-refractivity contribution in [3.63, 3.8) is 0 Å². The molecule has 38 heavy (non-hydrogen) atoms. The summed E-state index contributed by atoms with van der Waals surface area (Å²) < 4.78 is 57.7. The summed E-state index contributed by atoms with van der Waals surface area (Å²) in [5, 5.41) is 7.65. The summed E-state index contributed by atoms with van der Waals surface area (Å²) in [6.45, 7) is 6.61. The predicted molar refractivity (Wildman–Crippen MR) is 137 cm³/mol. The Kier molecular flexibility index (Phi) is 8.92. The molecule has 13 heteroatoms. The smallest absolute Gasteiger partial charge is 0.169 e. The largest absolute Gasteiger partial charge is 0.494 e. The van der Waals surface area contributed by atoms with Gasteiger partial charge in [0.25, 0.3) is 0 Å². The van der Waals surface area contributed by atoms with Gasteiger partial charge in [0.1, 0.15) is 35.1 Å². The molecule has 0 N–H and O–H groups in total. The number of benzene rings is 1. The third-order valence-corrected chi connectivity index (χ3v) is 8.25. The van der Waals surface area contributed by atoms with Crippen molar-refractivity contribution in [3.8, 4) is 17.2 Å². The zero-order valence-corrected chi connectivity index (χ0v) is 23.0. The summed E-state index contributed by atoms with van der Waals surface area (Å²) in [6, 6.07) is 5.28. The fraction of sp³-hybridized carbons (Fsp3) is 0.520. The lowest BCUT2D eigenvalue weighted by atomic mass is 10.2. The number of sulfone groups is 1. The molecule has 3 atom stereocenters. The van der Waals surface area contributed by atoms with Gasteiger partial charge in [-0.05, 0) is 38.5 Å². The molecule has 1 aliphatic rings. The van der Waals surface area contributed by atoms with Crippen molar-refractivity contribution in [1.29, 1.82) is 0 Å². The number of hydrogen-bond donors (Lipinski definition) is 0. The van der Waals surface area contributed by atoms with E-state index >= 15 is 0 Å². The summed E-state index contributed by atoms with van der Waals surface area (Å²) in [5.41, 5.74) is 1.33. The summed E-state index contributed by atoms with van der Waals surface area (Å²) in [6.07, 6.45) is 1.85. The molecule has 1 aliphatic heterocycles. The molecule has 0 bridgehead atoms. The van der Waals surface area contributed by atoms with E-state index in [1.807, 2.05) is 6.92 Å². The number of methoxy groups -OCH3 is 2. The molecule has 12 nitrogen and oxygen atoms in total. The van der Waals surface area contributed by atoms with Crippen LogP contribution >= 0.6 is 0 Å². The van der Waals surface area contributed by atoms with Gasteiger partial charge in [-0.3, -0.25) is 4.57 Å². The Morgan fingerprint density at radius 3 is 2.37 bits per heavy atom. The van der Waals surface area contributed by atoms with E-state index in [-0.39, 0.29) is 12.4 Å². The van der Waals surface area contributed by atoms with Crippen LogP contribution in [-0.4, -0.2) is 79.0 Å². The molecular formula is C25H33N5O7S.